The lowest BCUT2D eigenvalue weighted by molar-refractivity contribution is -0.558. The molecule has 2 fully saturated rings. The Morgan fingerprint density at radius 3 is 1.60 bits per heavy atom. The van der Waals surface area contributed by atoms with Crippen molar-refractivity contribution < 1.29 is 29.3 Å². The molecular formula is C14H26O6. The van der Waals surface area contributed by atoms with Gasteiger partial charge < -0.3 is 0 Å². The second-order valence-corrected chi connectivity index (χ2v) is 7.44. The van der Waals surface area contributed by atoms with E-state index < -0.39 is 22.8 Å². The number of hydrogen-bond donors (Lipinski definition) is 0. The first-order valence-corrected chi connectivity index (χ1v) is 7.18. The van der Waals surface area contributed by atoms with Crippen molar-refractivity contribution in [1.82, 2.24) is 0 Å². The maximum atomic E-state index is 5.61. The fraction of sp³-hybridized carbons (Fsp3) is 1.00. The van der Waals surface area contributed by atoms with Crippen LogP contribution in [0.4, 0.5) is 0 Å². The van der Waals surface area contributed by atoms with E-state index in [1.54, 1.807) is 0 Å². The standard InChI is InChI=1S/C14H26O6/c1-11(2,3)15-17-13(18-16-12(4,5)6)9-7-8-10-14(13)19-20-14/h7-10H2,1-6H3. The van der Waals surface area contributed by atoms with E-state index in [2.05, 4.69) is 0 Å². The molecule has 2 aliphatic rings. The smallest absolute Gasteiger partial charge is 0.228 e. The Labute approximate surface area is 120 Å². The summed E-state index contributed by atoms with van der Waals surface area (Å²) in [7, 11) is 0. The quantitative estimate of drug-likeness (QED) is 0.342. The van der Waals surface area contributed by atoms with Crippen LogP contribution < -0.4 is 0 Å². The van der Waals surface area contributed by atoms with Crippen LogP contribution in [0, 0.1) is 0 Å². The van der Waals surface area contributed by atoms with Gasteiger partial charge in [0.05, 0.1) is 11.2 Å². The maximum Gasteiger partial charge on any atom is 0.292 e. The summed E-state index contributed by atoms with van der Waals surface area (Å²) >= 11 is 0. The van der Waals surface area contributed by atoms with E-state index in [9.17, 15) is 0 Å². The fourth-order valence-electron chi connectivity index (χ4n) is 1.97. The van der Waals surface area contributed by atoms with Gasteiger partial charge in [-0.15, -0.1) is 0 Å². The highest BCUT2D eigenvalue weighted by atomic mass is 17.4. The summed E-state index contributed by atoms with van der Waals surface area (Å²) < 4.78 is 0. The summed E-state index contributed by atoms with van der Waals surface area (Å²) in [4.78, 5) is 32.5. The van der Waals surface area contributed by atoms with Gasteiger partial charge in [-0.1, -0.05) is 0 Å². The third-order valence-corrected chi connectivity index (χ3v) is 2.98. The first-order valence-electron chi connectivity index (χ1n) is 7.18. The Hall–Kier alpha value is -0.240. The van der Waals surface area contributed by atoms with E-state index in [1.807, 2.05) is 41.5 Å². The highest BCUT2D eigenvalue weighted by molar-refractivity contribution is 4.95. The van der Waals surface area contributed by atoms with Crippen molar-refractivity contribution in [3.8, 4) is 0 Å². The molecule has 6 heteroatoms. The van der Waals surface area contributed by atoms with Gasteiger partial charge in [-0.25, -0.2) is 9.78 Å². The predicted molar refractivity (Wildman–Crippen MR) is 69.9 cm³/mol. The summed E-state index contributed by atoms with van der Waals surface area (Å²) in [5.74, 6) is -2.10. The van der Waals surface area contributed by atoms with Gasteiger partial charge in [0.25, 0.3) is 11.6 Å². The van der Waals surface area contributed by atoms with Gasteiger partial charge >= 0.3 is 0 Å². The number of hydrogen-bond acceptors (Lipinski definition) is 6. The monoisotopic (exact) mass is 290 g/mol. The van der Waals surface area contributed by atoms with Crippen molar-refractivity contribution in [2.24, 2.45) is 0 Å². The molecular weight excluding hydrogens is 264 g/mol. The lowest BCUT2D eigenvalue weighted by Crippen LogP contribution is -2.54. The fourth-order valence-corrected chi connectivity index (χ4v) is 1.97. The Bertz CT molecular complexity index is 319. The van der Waals surface area contributed by atoms with Gasteiger partial charge in [0, 0.05) is 12.8 Å². The number of rotatable bonds is 4. The molecule has 2 rings (SSSR count). The van der Waals surface area contributed by atoms with Crippen molar-refractivity contribution >= 4 is 0 Å². The van der Waals surface area contributed by atoms with E-state index in [1.165, 1.54) is 0 Å². The Morgan fingerprint density at radius 2 is 1.20 bits per heavy atom. The highest BCUT2D eigenvalue weighted by Crippen LogP contribution is 2.53. The first kappa shape index (κ1) is 16.1. The van der Waals surface area contributed by atoms with Crippen LogP contribution in [0.2, 0.25) is 0 Å². The lowest BCUT2D eigenvalue weighted by atomic mass is 9.89. The normalized spacial score (nSPS) is 24.9. The zero-order valence-corrected chi connectivity index (χ0v) is 13.3. The molecule has 6 nitrogen and oxygen atoms in total. The van der Waals surface area contributed by atoms with E-state index in [4.69, 9.17) is 29.3 Å². The molecule has 0 bridgehead atoms. The van der Waals surface area contributed by atoms with Crippen LogP contribution in [0.5, 0.6) is 0 Å². The van der Waals surface area contributed by atoms with Crippen molar-refractivity contribution in [2.75, 3.05) is 0 Å². The molecule has 1 aliphatic heterocycles. The highest BCUT2D eigenvalue weighted by Gasteiger charge is 2.71. The van der Waals surface area contributed by atoms with Gasteiger partial charge in [-0.3, -0.25) is 0 Å². The molecule has 0 N–H and O–H groups in total. The molecule has 0 aromatic carbocycles. The lowest BCUT2D eigenvalue weighted by Gasteiger charge is -2.38. The largest absolute Gasteiger partial charge is 0.292 e. The van der Waals surface area contributed by atoms with Crippen LogP contribution in [0.15, 0.2) is 0 Å². The average molecular weight is 290 g/mol. The van der Waals surface area contributed by atoms with Crippen LogP contribution in [-0.4, -0.2) is 22.8 Å². The van der Waals surface area contributed by atoms with Gasteiger partial charge in [0.15, 0.2) is 0 Å². The second kappa shape index (κ2) is 5.19. The van der Waals surface area contributed by atoms with E-state index in [-0.39, 0.29) is 0 Å². The van der Waals surface area contributed by atoms with Crippen LogP contribution in [0.25, 0.3) is 0 Å². The summed E-state index contributed by atoms with van der Waals surface area (Å²) in [6.45, 7) is 11.4. The van der Waals surface area contributed by atoms with Gasteiger partial charge in [-0.05, 0) is 54.4 Å². The summed E-state index contributed by atoms with van der Waals surface area (Å²) in [6.07, 6.45) is 3.18. The molecule has 0 unspecified atom stereocenters. The SMILES string of the molecule is CC(C)(C)OOC1(OOC(C)(C)C)CCCCC12OO2. The predicted octanol–water partition coefficient (Wildman–Crippen LogP) is 3.41. The summed E-state index contributed by atoms with van der Waals surface area (Å²) in [5.41, 5.74) is -0.933. The third-order valence-electron chi connectivity index (χ3n) is 2.98. The van der Waals surface area contributed by atoms with Gasteiger partial charge in [-0.2, -0.15) is 19.6 Å². The van der Waals surface area contributed by atoms with Crippen LogP contribution in [0.1, 0.15) is 67.2 Å². The van der Waals surface area contributed by atoms with Gasteiger partial charge in [0.1, 0.15) is 0 Å². The van der Waals surface area contributed by atoms with Crippen LogP contribution in [-0.2, 0) is 29.3 Å². The van der Waals surface area contributed by atoms with Crippen molar-refractivity contribution in [3.63, 3.8) is 0 Å². The Kier molecular flexibility index (Phi) is 4.19. The minimum absolute atomic E-state index is 0.467. The summed E-state index contributed by atoms with van der Waals surface area (Å²) in [5, 5.41) is 0. The maximum absolute atomic E-state index is 5.61. The molecule has 0 radical (unpaired) electrons. The molecule has 118 valence electrons. The average Bonchev–Trinajstić information content (AvgIpc) is 3.06. The molecule has 1 saturated heterocycles. The van der Waals surface area contributed by atoms with E-state index in [0.29, 0.717) is 12.8 Å². The minimum atomic E-state index is -1.19. The zero-order chi connectivity index (χ0) is 15.1. The van der Waals surface area contributed by atoms with Crippen LogP contribution >= 0.6 is 0 Å². The molecule has 20 heavy (non-hydrogen) atoms. The molecule has 0 atom stereocenters. The Morgan fingerprint density at radius 1 is 0.750 bits per heavy atom. The minimum Gasteiger partial charge on any atom is -0.228 e. The first-order chi connectivity index (χ1) is 9.08. The summed E-state index contributed by atoms with van der Waals surface area (Å²) in [6, 6.07) is 0. The molecule has 1 heterocycles. The van der Waals surface area contributed by atoms with E-state index in [0.717, 1.165) is 12.8 Å². The van der Waals surface area contributed by atoms with Crippen LogP contribution in [0.3, 0.4) is 0 Å². The zero-order valence-electron chi connectivity index (χ0n) is 13.3. The van der Waals surface area contributed by atoms with Gasteiger partial charge in [0.2, 0.25) is 0 Å². The molecule has 0 aromatic rings. The van der Waals surface area contributed by atoms with Crippen molar-refractivity contribution in [1.29, 1.82) is 0 Å². The molecule has 1 saturated carbocycles. The van der Waals surface area contributed by atoms with E-state index >= 15 is 0 Å². The topological polar surface area (TPSA) is 62.0 Å². The molecule has 1 spiro atoms. The third kappa shape index (κ3) is 3.69. The molecule has 1 aliphatic carbocycles. The Balaban J connectivity index is 2.10. The molecule has 0 amide bonds. The van der Waals surface area contributed by atoms with Crippen molar-refractivity contribution in [2.45, 2.75) is 90.0 Å². The molecule has 0 aromatic heterocycles. The van der Waals surface area contributed by atoms with Crippen molar-refractivity contribution in [3.05, 3.63) is 0 Å². The second-order valence-electron chi connectivity index (χ2n) is 7.44.